The maximum absolute atomic E-state index is 12.4. The summed E-state index contributed by atoms with van der Waals surface area (Å²) in [5.74, 6) is 0.258. The fraction of sp³-hybridized carbons (Fsp3) is 0.412. The van der Waals surface area contributed by atoms with Gasteiger partial charge in [0.15, 0.2) is 5.82 Å². The highest BCUT2D eigenvalue weighted by Crippen LogP contribution is 2.23. The average molecular weight is 365 g/mol. The fourth-order valence-corrected chi connectivity index (χ4v) is 3.35. The largest absolute Gasteiger partial charge is 0.360 e. The van der Waals surface area contributed by atoms with Gasteiger partial charge in [-0.05, 0) is 37.0 Å². The lowest BCUT2D eigenvalue weighted by atomic mass is 9.87. The van der Waals surface area contributed by atoms with E-state index < -0.39 is 22.0 Å². The summed E-state index contributed by atoms with van der Waals surface area (Å²) in [6.07, 6.45) is 0. The van der Waals surface area contributed by atoms with Crippen LogP contribution in [-0.4, -0.2) is 25.5 Å². The first-order chi connectivity index (χ1) is 11.5. The molecule has 0 aliphatic carbocycles. The Kier molecular flexibility index (Phi) is 5.34. The second-order valence-electron chi connectivity index (χ2n) is 6.93. The van der Waals surface area contributed by atoms with Crippen LogP contribution in [0.2, 0.25) is 0 Å². The molecule has 1 aromatic carbocycles. The number of nitrogens with one attached hydrogen (secondary N) is 2. The molecule has 0 saturated heterocycles. The SMILES string of the molecule is Cc1cc(NC(=O)[C@H](C)NS(=O)(=O)c2ccc(C(C)(C)C)cc2)no1. The monoisotopic (exact) mass is 365 g/mol. The molecule has 7 nitrogen and oxygen atoms in total. The smallest absolute Gasteiger partial charge is 0.243 e. The second kappa shape index (κ2) is 6.97. The fourth-order valence-electron chi connectivity index (χ4n) is 2.15. The van der Waals surface area contributed by atoms with Crippen molar-refractivity contribution in [1.82, 2.24) is 9.88 Å². The van der Waals surface area contributed by atoms with Crippen molar-refractivity contribution in [3.8, 4) is 0 Å². The van der Waals surface area contributed by atoms with Crippen LogP contribution in [0.25, 0.3) is 0 Å². The molecule has 1 amide bonds. The number of benzene rings is 1. The van der Waals surface area contributed by atoms with E-state index >= 15 is 0 Å². The Bertz CT molecular complexity index is 849. The molecule has 0 unspecified atom stereocenters. The lowest BCUT2D eigenvalue weighted by Gasteiger charge is -2.19. The molecule has 136 valence electrons. The van der Waals surface area contributed by atoms with Gasteiger partial charge >= 0.3 is 0 Å². The molecule has 1 atom stereocenters. The average Bonchev–Trinajstić information content (AvgIpc) is 2.91. The van der Waals surface area contributed by atoms with Gasteiger partial charge in [-0.2, -0.15) is 4.72 Å². The van der Waals surface area contributed by atoms with Gasteiger partial charge in [0.05, 0.1) is 10.9 Å². The molecule has 0 spiro atoms. The van der Waals surface area contributed by atoms with E-state index in [1.807, 2.05) is 20.8 Å². The minimum absolute atomic E-state index is 0.0708. The summed E-state index contributed by atoms with van der Waals surface area (Å²) in [6, 6.07) is 7.20. The van der Waals surface area contributed by atoms with E-state index in [0.717, 1.165) is 5.56 Å². The van der Waals surface area contributed by atoms with Crippen LogP contribution in [0.3, 0.4) is 0 Å². The highest BCUT2D eigenvalue weighted by Gasteiger charge is 2.23. The van der Waals surface area contributed by atoms with Crippen LogP contribution in [-0.2, 0) is 20.2 Å². The molecule has 0 fully saturated rings. The number of anilines is 1. The molecular formula is C17H23N3O4S. The molecule has 2 aromatic rings. The molecule has 2 N–H and O–H groups in total. The van der Waals surface area contributed by atoms with E-state index in [1.165, 1.54) is 19.1 Å². The molecular weight excluding hydrogens is 342 g/mol. The maximum atomic E-state index is 12.4. The first-order valence-electron chi connectivity index (χ1n) is 7.86. The van der Waals surface area contributed by atoms with Crippen molar-refractivity contribution in [3.63, 3.8) is 0 Å². The van der Waals surface area contributed by atoms with Crippen molar-refractivity contribution in [2.24, 2.45) is 0 Å². The Balaban J connectivity index is 2.08. The highest BCUT2D eigenvalue weighted by atomic mass is 32.2. The second-order valence-corrected chi connectivity index (χ2v) is 8.64. The van der Waals surface area contributed by atoms with E-state index in [2.05, 4.69) is 15.2 Å². The Morgan fingerprint density at radius 2 is 1.80 bits per heavy atom. The third-order valence-electron chi connectivity index (χ3n) is 3.64. The van der Waals surface area contributed by atoms with E-state index in [9.17, 15) is 13.2 Å². The summed E-state index contributed by atoms with van der Waals surface area (Å²) in [5, 5.41) is 6.14. The molecule has 0 aliphatic rings. The molecule has 1 heterocycles. The molecule has 0 radical (unpaired) electrons. The first kappa shape index (κ1) is 19.1. The van der Waals surface area contributed by atoms with Crippen molar-refractivity contribution in [2.75, 3.05) is 5.32 Å². The lowest BCUT2D eigenvalue weighted by Crippen LogP contribution is -2.41. The molecule has 0 bridgehead atoms. The number of carbonyl (C=O) groups is 1. The summed E-state index contributed by atoms with van der Waals surface area (Å²) < 4.78 is 32.1. The van der Waals surface area contributed by atoms with Gasteiger partial charge in [-0.25, -0.2) is 8.42 Å². The standard InChI is InChI=1S/C17H23N3O4S/c1-11-10-15(19-24-11)18-16(21)12(2)20-25(22,23)14-8-6-13(7-9-14)17(3,4)5/h6-10,12,20H,1-5H3,(H,18,19,21)/t12-/m0/s1. The normalized spacial score (nSPS) is 13.5. The van der Waals surface area contributed by atoms with Crippen LogP contribution >= 0.6 is 0 Å². The van der Waals surface area contributed by atoms with Crippen LogP contribution in [0, 0.1) is 6.92 Å². The van der Waals surface area contributed by atoms with Crippen LogP contribution in [0.5, 0.6) is 0 Å². The molecule has 8 heteroatoms. The van der Waals surface area contributed by atoms with Gasteiger partial charge in [0.1, 0.15) is 5.76 Å². The number of aryl methyl sites for hydroxylation is 1. The van der Waals surface area contributed by atoms with Crippen LogP contribution in [0.4, 0.5) is 5.82 Å². The van der Waals surface area contributed by atoms with Gasteiger partial charge in [0.25, 0.3) is 0 Å². The first-order valence-corrected chi connectivity index (χ1v) is 9.34. The Morgan fingerprint density at radius 3 is 2.28 bits per heavy atom. The summed E-state index contributed by atoms with van der Waals surface area (Å²) in [4.78, 5) is 12.2. The topological polar surface area (TPSA) is 101 Å². The zero-order valence-electron chi connectivity index (χ0n) is 15.0. The summed E-state index contributed by atoms with van der Waals surface area (Å²) in [6.45, 7) is 9.30. The zero-order valence-corrected chi connectivity index (χ0v) is 15.8. The lowest BCUT2D eigenvalue weighted by molar-refractivity contribution is -0.117. The van der Waals surface area contributed by atoms with Gasteiger partial charge in [-0.1, -0.05) is 38.1 Å². The van der Waals surface area contributed by atoms with Gasteiger partial charge in [0.2, 0.25) is 15.9 Å². The number of amides is 1. The number of aromatic nitrogens is 1. The van der Waals surface area contributed by atoms with Crippen molar-refractivity contribution in [2.45, 2.75) is 51.0 Å². The number of carbonyl (C=O) groups excluding carboxylic acids is 1. The van der Waals surface area contributed by atoms with Gasteiger partial charge < -0.3 is 9.84 Å². The Labute approximate surface area is 147 Å². The molecule has 25 heavy (non-hydrogen) atoms. The van der Waals surface area contributed by atoms with Crippen LogP contribution < -0.4 is 10.0 Å². The molecule has 0 saturated carbocycles. The number of sulfonamides is 1. The van der Waals surface area contributed by atoms with E-state index in [1.54, 1.807) is 25.1 Å². The highest BCUT2D eigenvalue weighted by molar-refractivity contribution is 7.89. The van der Waals surface area contributed by atoms with Crippen molar-refractivity contribution in [1.29, 1.82) is 0 Å². The summed E-state index contributed by atoms with van der Waals surface area (Å²) >= 11 is 0. The third-order valence-corrected chi connectivity index (χ3v) is 5.19. The van der Waals surface area contributed by atoms with E-state index in [0.29, 0.717) is 5.76 Å². The van der Waals surface area contributed by atoms with Gasteiger partial charge in [-0.15, -0.1) is 0 Å². The van der Waals surface area contributed by atoms with Crippen molar-refractivity contribution in [3.05, 3.63) is 41.7 Å². The van der Waals surface area contributed by atoms with E-state index in [-0.39, 0.29) is 16.1 Å². The quantitative estimate of drug-likeness (QED) is 0.848. The number of hydrogen-bond acceptors (Lipinski definition) is 5. The minimum Gasteiger partial charge on any atom is -0.360 e. The summed E-state index contributed by atoms with van der Waals surface area (Å²) in [5.41, 5.74) is 0.956. The predicted molar refractivity (Wildman–Crippen MR) is 94.8 cm³/mol. The maximum Gasteiger partial charge on any atom is 0.243 e. The van der Waals surface area contributed by atoms with Crippen molar-refractivity contribution < 1.29 is 17.7 Å². The third kappa shape index (κ3) is 4.90. The zero-order chi connectivity index (χ0) is 18.8. The van der Waals surface area contributed by atoms with Crippen LogP contribution in [0.1, 0.15) is 39.0 Å². The molecule has 2 rings (SSSR count). The predicted octanol–water partition coefficient (Wildman–Crippen LogP) is 2.59. The van der Waals surface area contributed by atoms with Crippen LogP contribution in [0.15, 0.2) is 39.8 Å². The number of rotatable bonds is 5. The Hall–Kier alpha value is -2.19. The number of hydrogen-bond donors (Lipinski definition) is 2. The minimum atomic E-state index is -3.81. The number of nitrogens with zero attached hydrogens (tertiary/aromatic N) is 1. The molecule has 0 aliphatic heterocycles. The van der Waals surface area contributed by atoms with Gasteiger partial charge in [0, 0.05) is 6.07 Å². The Morgan fingerprint density at radius 1 is 1.20 bits per heavy atom. The molecule has 1 aromatic heterocycles. The van der Waals surface area contributed by atoms with Gasteiger partial charge in [-0.3, -0.25) is 4.79 Å². The van der Waals surface area contributed by atoms with E-state index in [4.69, 9.17) is 4.52 Å². The summed E-state index contributed by atoms with van der Waals surface area (Å²) in [7, 11) is -3.81. The van der Waals surface area contributed by atoms with Crippen molar-refractivity contribution >= 4 is 21.7 Å².